The number of tetrazole rings is 1. The molecule has 3 saturated heterocycles. The van der Waals surface area contributed by atoms with E-state index in [1.807, 2.05) is 11.7 Å². The number of fused-ring (bicyclic) bond motifs is 3. The summed E-state index contributed by atoms with van der Waals surface area (Å²) in [4.78, 5) is 4.33. The zero-order chi connectivity index (χ0) is 9.54. The van der Waals surface area contributed by atoms with E-state index in [4.69, 9.17) is 0 Å². The van der Waals surface area contributed by atoms with Crippen LogP contribution in [0.3, 0.4) is 0 Å². The van der Waals surface area contributed by atoms with Gasteiger partial charge in [0.25, 0.3) is 0 Å². The summed E-state index contributed by atoms with van der Waals surface area (Å²) in [5.41, 5.74) is 0. The van der Waals surface area contributed by atoms with Crippen LogP contribution in [-0.2, 0) is 0 Å². The van der Waals surface area contributed by atoms with Crippen molar-refractivity contribution in [2.24, 2.45) is 5.92 Å². The molecule has 3 fully saturated rings. The maximum Gasteiger partial charge on any atom is 0.171 e. The normalized spacial score (nSPS) is 36.2. The molecule has 14 heavy (non-hydrogen) atoms. The molecule has 0 aromatic carbocycles. The van der Waals surface area contributed by atoms with E-state index in [0.717, 1.165) is 18.3 Å². The molecule has 5 heteroatoms. The van der Waals surface area contributed by atoms with Crippen LogP contribution in [0.4, 0.5) is 0 Å². The van der Waals surface area contributed by atoms with E-state index in [-0.39, 0.29) is 0 Å². The van der Waals surface area contributed by atoms with Gasteiger partial charge in [-0.25, -0.2) is 0 Å². The van der Waals surface area contributed by atoms with Crippen LogP contribution in [0.25, 0.3) is 0 Å². The molecule has 0 spiro atoms. The van der Waals surface area contributed by atoms with E-state index in [9.17, 15) is 0 Å². The predicted molar refractivity (Wildman–Crippen MR) is 50.8 cm³/mol. The van der Waals surface area contributed by atoms with Gasteiger partial charge in [-0.3, -0.25) is 0 Å². The van der Waals surface area contributed by atoms with Gasteiger partial charge in [-0.05, 0) is 44.0 Å². The third-order valence-electron chi connectivity index (χ3n) is 3.45. The molecule has 1 aromatic heterocycles. The summed E-state index contributed by atoms with van der Waals surface area (Å²) >= 11 is 0. The van der Waals surface area contributed by atoms with Crippen molar-refractivity contribution in [2.45, 2.75) is 25.8 Å². The molecule has 1 aromatic rings. The Hall–Kier alpha value is -0.970. The van der Waals surface area contributed by atoms with E-state index in [1.165, 1.54) is 25.9 Å². The maximum atomic E-state index is 4.32. The van der Waals surface area contributed by atoms with Crippen molar-refractivity contribution in [3.8, 4) is 0 Å². The molecule has 4 heterocycles. The summed E-state index contributed by atoms with van der Waals surface area (Å²) < 4.78 is 0. The largest absolute Gasteiger partial charge is 0.301 e. The molecule has 76 valence electrons. The smallest absolute Gasteiger partial charge is 0.171 e. The highest BCUT2D eigenvalue weighted by molar-refractivity contribution is 4.88. The average Bonchev–Trinajstić information content (AvgIpc) is 2.66. The SMILES string of the molecule is Cc1nnn(C2CN3CCC2CC3)n1. The molecule has 0 radical (unpaired) electrons. The van der Waals surface area contributed by atoms with Gasteiger partial charge in [0.2, 0.25) is 0 Å². The predicted octanol–water partition coefficient (Wildman–Crippen LogP) is 0.248. The summed E-state index contributed by atoms with van der Waals surface area (Å²) in [7, 11) is 0. The molecule has 0 aliphatic carbocycles. The van der Waals surface area contributed by atoms with E-state index in [2.05, 4.69) is 20.3 Å². The molecule has 1 unspecified atom stereocenters. The highest BCUT2D eigenvalue weighted by atomic mass is 15.6. The maximum absolute atomic E-state index is 4.32. The summed E-state index contributed by atoms with van der Waals surface area (Å²) in [6.07, 6.45) is 2.59. The fourth-order valence-electron chi connectivity index (χ4n) is 2.63. The summed E-state index contributed by atoms with van der Waals surface area (Å²) in [5.74, 6) is 1.55. The zero-order valence-corrected chi connectivity index (χ0v) is 8.43. The number of hydrogen-bond acceptors (Lipinski definition) is 4. The lowest BCUT2D eigenvalue weighted by Gasteiger charge is -2.43. The van der Waals surface area contributed by atoms with Crippen LogP contribution in [0.2, 0.25) is 0 Å². The van der Waals surface area contributed by atoms with Gasteiger partial charge in [0.05, 0.1) is 6.04 Å². The van der Waals surface area contributed by atoms with E-state index < -0.39 is 0 Å². The van der Waals surface area contributed by atoms with Gasteiger partial charge < -0.3 is 4.90 Å². The Bertz CT molecular complexity index is 326. The average molecular weight is 193 g/mol. The van der Waals surface area contributed by atoms with E-state index >= 15 is 0 Å². The third kappa shape index (κ3) is 1.23. The molecule has 0 N–H and O–H groups in total. The molecule has 4 rings (SSSR count). The number of piperidine rings is 3. The van der Waals surface area contributed by atoms with Crippen molar-refractivity contribution < 1.29 is 0 Å². The summed E-state index contributed by atoms with van der Waals surface area (Å²) in [5, 5.41) is 12.4. The van der Waals surface area contributed by atoms with Gasteiger partial charge in [0, 0.05) is 6.54 Å². The first kappa shape index (κ1) is 8.35. The minimum absolute atomic E-state index is 0.471. The van der Waals surface area contributed by atoms with Crippen molar-refractivity contribution in [1.82, 2.24) is 25.1 Å². The fraction of sp³-hybridized carbons (Fsp3) is 0.889. The topological polar surface area (TPSA) is 46.8 Å². The second-order valence-electron chi connectivity index (χ2n) is 4.36. The van der Waals surface area contributed by atoms with Crippen LogP contribution in [0.1, 0.15) is 24.7 Å². The highest BCUT2D eigenvalue weighted by Crippen LogP contribution is 2.34. The zero-order valence-electron chi connectivity index (χ0n) is 8.43. The summed E-state index contributed by atoms with van der Waals surface area (Å²) in [6.45, 7) is 5.52. The van der Waals surface area contributed by atoms with Crippen LogP contribution in [0.5, 0.6) is 0 Å². The van der Waals surface area contributed by atoms with Crippen LogP contribution in [-0.4, -0.2) is 44.7 Å². The van der Waals surface area contributed by atoms with E-state index in [1.54, 1.807) is 0 Å². The van der Waals surface area contributed by atoms with Crippen molar-refractivity contribution >= 4 is 0 Å². The van der Waals surface area contributed by atoms with Gasteiger partial charge >= 0.3 is 0 Å². The van der Waals surface area contributed by atoms with Crippen LogP contribution in [0, 0.1) is 12.8 Å². The highest BCUT2D eigenvalue weighted by Gasteiger charge is 2.36. The Balaban J connectivity index is 1.85. The Labute approximate surface area is 83.1 Å². The Kier molecular flexibility index (Phi) is 1.80. The number of nitrogens with zero attached hydrogens (tertiary/aromatic N) is 5. The van der Waals surface area contributed by atoms with Crippen molar-refractivity contribution in [3.05, 3.63) is 5.82 Å². The first-order chi connectivity index (χ1) is 6.83. The molecule has 3 aliphatic rings. The number of aryl methyl sites for hydroxylation is 1. The molecule has 3 aliphatic heterocycles. The van der Waals surface area contributed by atoms with Gasteiger partial charge in [-0.15, -0.1) is 10.2 Å². The number of aromatic nitrogens is 4. The van der Waals surface area contributed by atoms with Crippen LogP contribution < -0.4 is 0 Å². The monoisotopic (exact) mass is 193 g/mol. The van der Waals surface area contributed by atoms with Gasteiger partial charge in [-0.2, -0.15) is 4.80 Å². The molecule has 0 amide bonds. The second kappa shape index (κ2) is 3.02. The second-order valence-corrected chi connectivity index (χ2v) is 4.36. The number of hydrogen-bond donors (Lipinski definition) is 0. The first-order valence-electron chi connectivity index (χ1n) is 5.31. The molecule has 2 bridgehead atoms. The lowest BCUT2D eigenvalue weighted by Crippen LogP contribution is -2.48. The number of rotatable bonds is 1. The Morgan fingerprint density at radius 2 is 2.07 bits per heavy atom. The third-order valence-corrected chi connectivity index (χ3v) is 3.45. The molecule has 0 saturated carbocycles. The standard InChI is InChI=1S/C9H15N5/c1-7-10-12-14(11-7)9-6-13-4-2-8(9)3-5-13/h8-9H,2-6H2,1H3. The molecule has 5 nitrogen and oxygen atoms in total. The van der Waals surface area contributed by atoms with Crippen LogP contribution >= 0.6 is 0 Å². The minimum atomic E-state index is 0.471. The molecule has 1 atom stereocenters. The van der Waals surface area contributed by atoms with Crippen molar-refractivity contribution in [2.75, 3.05) is 19.6 Å². The van der Waals surface area contributed by atoms with Crippen molar-refractivity contribution in [3.63, 3.8) is 0 Å². The lowest BCUT2D eigenvalue weighted by molar-refractivity contribution is 0.0435. The Morgan fingerprint density at radius 3 is 2.57 bits per heavy atom. The van der Waals surface area contributed by atoms with Crippen molar-refractivity contribution in [1.29, 1.82) is 0 Å². The summed E-state index contributed by atoms with van der Waals surface area (Å²) in [6, 6.07) is 0.471. The fourth-order valence-corrected chi connectivity index (χ4v) is 2.63. The Morgan fingerprint density at radius 1 is 1.29 bits per heavy atom. The van der Waals surface area contributed by atoms with Gasteiger partial charge in [-0.1, -0.05) is 0 Å². The van der Waals surface area contributed by atoms with Crippen LogP contribution in [0.15, 0.2) is 0 Å². The first-order valence-corrected chi connectivity index (χ1v) is 5.31. The van der Waals surface area contributed by atoms with Gasteiger partial charge in [0.15, 0.2) is 5.82 Å². The van der Waals surface area contributed by atoms with Gasteiger partial charge in [0.1, 0.15) is 0 Å². The molecular weight excluding hydrogens is 178 g/mol. The lowest BCUT2D eigenvalue weighted by atomic mass is 9.84. The quantitative estimate of drug-likeness (QED) is 0.641. The molecular formula is C9H15N5. The van der Waals surface area contributed by atoms with E-state index in [0.29, 0.717) is 6.04 Å². The minimum Gasteiger partial charge on any atom is -0.301 e.